The molecule has 1 aliphatic carbocycles. The zero-order valence-electron chi connectivity index (χ0n) is 22.9. The molecule has 0 amide bonds. The zero-order chi connectivity index (χ0) is 27.1. The number of nitrogen functional groups attached to an aromatic ring is 2. The lowest BCUT2D eigenvalue weighted by molar-refractivity contribution is 0.342. The molecule has 6 N–H and O–H groups in total. The molecule has 4 nitrogen and oxygen atoms in total. The molecule has 194 valence electrons. The number of hydrogen-bond acceptors (Lipinski definition) is 4. The monoisotopic (exact) mass is 496 g/mol. The smallest absolute Gasteiger partial charge is 0.118 e. The van der Waals surface area contributed by atoms with Crippen molar-refractivity contribution in [1.29, 1.82) is 0 Å². The maximum Gasteiger partial charge on any atom is 0.118 e. The van der Waals surface area contributed by atoms with Gasteiger partial charge in [-0.1, -0.05) is 56.3 Å². The Morgan fingerprint density at radius 1 is 0.757 bits per heavy atom. The fraction of sp³-hybridized carbons (Fsp3) is 0.333. The van der Waals surface area contributed by atoms with Gasteiger partial charge in [-0.05, 0) is 114 Å². The molecule has 0 bridgehead atoms. The first kappa shape index (κ1) is 26.4. The number of aliphatic hydroxyl groups is 1. The van der Waals surface area contributed by atoms with Gasteiger partial charge in [0.15, 0.2) is 0 Å². The maximum absolute atomic E-state index is 11.6. The van der Waals surface area contributed by atoms with Crippen molar-refractivity contribution in [3.8, 4) is 5.75 Å². The number of phenols is 1. The standard InChI is InChI=1S/C33H40N2O2/c1-19-11-23(12-20(2)30(19)34)15-25-17-28(33(5,6)27-7-9-29(36)10-8-27)18-26(32(25)37)16-24-13-21(3)31(35)22(4)14-24/h7-14,17,28,36-37H,15-16,18,34-35H2,1-6H3. The molecule has 3 aromatic carbocycles. The van der Waals surface area contributed by atoms with Gasteiger partial charge in [0.1, 0.15) is 11.5 Å². The minimum atomic E-state index is -0.204. The van der Waals surface area contributed by atoms with Crippen LogP contribution in [0.1, 0.15) is 59.2 Å². The zero-order valence-corrected chi connectivity index (χ0v) is 22.9. The van der Waals surface area contributed by atoms with Crippen LogP contribution >= 0.6 is 0 Å². The lowest BCUT2D eigenvalue weighted by Gasteiger charge is -2.37. The molecule has 1 aliphatic rings. The number of benzene rings is 3. The number of aryl methyl sites for hydroxylation is 4. The van der Waals surface area contributed by atoms with Crippen LogP contribution in [0, 0.1) is 33.6 Å². The SMILES string of the molecule is Cc1cc(CC2=CC(C(C)(C)c3ccc(O)cc3)CC(Cc3cc(C)c(N)c(C)c3)=C2O)cc(C)c1N. The lowest BCUT2D eigenvalue weighted by atomic mass is 9.67. The van der Waals surface area contributed by atoms with E-state index >= 15 is 0 Å². The van der Waals surface area contributed by atoms with E-state index in [1.54, 1.807) is 12.1 Å². The van der Waals surface area contributed by atoms with Crippen LogP contribution in [0.25, 0.3) is 0 Å². The second-order valence-corrected chi connectivity index (χ2v) is 11.4. The highest BCUT2D eigenvalue weighted by Gasteiger charge is 2.34. The van der Waals surface area contributed by atoms with Gasteiger partial charge in [-0.3, -0.25) is 0 Å². The molecule has 0 aromatic heterocycles. The molecule has 1 unspecified atom stereocenters. The Balaban J connectivity index is 1.76. The molecule has 0 heterocycles. The van der Waals surface area contributed by atoms with E-state index in [1.165, 1.54) is 0 Å². The number of anilines is 2. The van der Waals surface area contributed by atoms with Gasteiger partial charge in [0.2, 0.25) is 0 Å². The van der Waals surface area contributed by atoms with E-state index in [2.05, 4.69) is 44.2 Å². The summed E-state index contributed by atoms with van der Waals surface area (Å²) in [5.74, 6) is 0.836. The Labute approximate surface area is 221 Å². The molecule has 4 rings (SSSR count). The van der Waals surface area contributed by atoms with E-state index in [9.17, 15) is 10.2 Å². The number of aromatic hydroxyl groups is 1. The van der Waals surface area contributed by atoms with Crippen LogP contribution in [-0.4, -0.2) is 10.2 Å². The van der Waals surface area contributed by atoms with E-state index in [0.29, 0.717) is 18.6 Å². The highest BCUT2D eigenvalue weighted by Crippen LogP contribution is 2.43. The predicted octanol–water partition coefficient (Wildman–Crippen LogP) is 7.31. The van der Waals surface area contributed by atoms with Crippen LogP contribution in [0.4, 0.5) is 11.4 Å². The summed E-state index contributed by atoms with van der Waals surface area (Å²) in [5, 5.41) is 21.4. The normalized spacial score (nSPS) is 16.2. The van der Waals surface area contributed by atoms with Crippen molar-refractivity contribution in [2.75, 3.05) is 11.5 Å². The van der Waals surface area contributed by atoms with Crippen LogP contribution in [-0.2, 0) is 18.3 Å². The minimum absolute atomic E-state index is 0.171. The van der Waals surface area contributed by atoms with Crippen molar-refractivity contribution in [1.82, 2.24) is 0 Å². The number of phenolic OH excluding ortho intramolecular Hbond substituents is 1. The van der Waals surface area contributed by atoms with Crippen molar-refractivity contribution >= 4 is 11.4 Å². The molecule has 0 spiro atoms. The van der Waals surface area contributed by atoms with Gasteiger partial charge in [0.25, 0.3) is 0 Å². The van der Waals surface area contributed by atoms with Gasteiger partial charge in [-0.2, -0.15) is 0 Å². The Hall–Kier alpha value is -3.66. The van der Waals surface area contributed by atoms with E-state index in [0.717, 1.165) is 67.9 Å². The largest absolute Gasteiger partial charge is 0.508 e. The molecule has 0 fully saturated rings. The molecular weight excluding hydrogens is 456 g/mol. The lowest BCUT2D eigenvalue weighted by Crippen LogP contribution is -2.30. The molecule has 0 saturated carbocycles. The van der Waals surface area contributed by atoms with E-state index in [1.807, 2.05) is 39.8 Å². The topological polar surface area (TPSA) is 92.5 Å². The van der Waals surface area contributed by atoms with Gasteiger partial charge in [0, 0.05) is 17.8 Å². The van der Waals surface area contributed by atoms with Crippen molar-refractivity contribution in [2.45, 2.75) is 66.2 Å². The minimum Gasteiger partial charge on any atom is -0.508 e. The first-order valence-corrected chi connectivity index (χ1v) is 13.0. The van der Waals surface area contributed by atoms with E-state index in [4.69, 9.17) is 11.5 Å². The molecule has 3 aromatic rings. The summed E-state index contributed by atoms with van der Waals surface area (Å²) in [6.07, 6.45) is 4.32. The molecular formula is C33H40N2O2. The summed E-state index contributed by atoms with van der Waals surface area (Å²) < 4.78 is 0. The Bertz CT molecular complexity index is 1350. The summed E-state index contributed by atoms with van der Waals surface area (Å²) in [6, 6.07) is 16.0. The molecule has 37 heavy (non-hydrogen) atoms. The van der Waals surface area contributed by atoms with Crippen LogP contribution in [0.5, 0.6) is 5.75 Å². The maximum atomic E-state index is 11.6. The highest BCUT2D eigenvalue weighted by atomic mass is 16.3. The van der Waals surface area contributed by atoms with Crippen LogP contribution in [0.2, 0.25) is 0 Å². The number of aliphatic hydroxyl groups excluding tert-OH is 1. The van der Waals surface area contributed by atoms with Gasteiger partial charge in [-0.15, -0.1) is 0 Å². The number of allylic oxidation sites excluding steroid dienone is 3. The Morgan fingerprint density at radius 2 is 1.22 bits per heavy atom. The van der Waals surface area contributed by atoms with E-state index < -0.39 is 0 Å². The first-order valence-electron chi connectivity index (χ1n) is 13.0. The average Bonchev–Trinajstić information content (AvgIpc) is 2.83. The fourth-order valence-electron chi connectivity index (χ4n) is 5.64. The predicted molar refractivity (Wildman–Crippen MR) is 155 cm³/mol. The summed E-state index contributed by atoms with van der Waals surface area (Å²) in [5.41, 5.74) is 23.6. The first-order chi connectivity index (χ1) is 17.4. The summed E-state index contributed by atoms with van der Waals surface area (Å²) in [7, 11) is 0. The van der Waals surface area contributed by atoms with Crippen LogP contribution in [0.3, 0.4) is 0 Å². The third-order valence-corrected chi connectivity index (χ3v) is 8.17. The van der Waals surface area contributed by atoms with Crippen molar-refractivity contribution in [3.05, 3.63) is 110 Å². The molecule has 0 saturated heterocycles. The van der Waals surface area contributed by atoms with Gasteiger partial charge in [-0.25, -0.2) is 0 Å². The second kappa shape index (κ2) is 10.0. The van der Waals surface area contributed by atoms with Crippen LogP contribution < -0.4 is 11.5 Å². The summed E-state index contributed by atoms with van der Waals surface area (Å²) in [6.45, 7) is 12.6. The van der Waals surface area contributed by atoms with Crippen LogP contribution in [0.15, 0.2) is 71.5 Å². The van der Waals surface area contributed by atoms with E-state index in [-0.39, 0.29) is 17.1 Å². The van der Waals surface area contributed by atoms with Gasteiger partial charge < -0.3 is 21.7 Å². The fourth-order valence-corrected chi connectivity index (χ4v) is 5.64. The van der Waals surface area contributed by atoms with Gasteiger partial charge in [0.05, 0.1) is 0 Å². The van der Waals surface area contributed by atoms with Crippen molar-refractivity contribution in [2.24, 2.45) is 5.92 Å². The Kier molecular flexibility index (Phi) is 7.14. The van der Waals surface area contributed by atoms with Crippen molar-refractivity contribution in [3.63, 3.8) is 0 Å². The number of hydrogen-bond donors (Lipinski definition) is 4. The third kappa shape index (κ3) is 5.39. The summed E-state index contributed by atoms with van der Waals surface area (Å²) >= 11 is 0. The molecule has 0 aliphatic heterocycles. The molecule has 0 radical (unpaired) electrons. The third-order valence-electron chi connectivity index (χ3n) is 8.17. The molecule has 1 atom stereocenters. The average molecular weight is 497 g/mol. The molecule has 4 heteroatoms. The second-order valence-electron chi connectivity index (χ2n) is 11.4. The van der Waals surface area contributed by atoms with Gasteiger partial charge >= 0.3 is 0 Å². The highest BCUT2D eigenvalue weighted by molar-refractivity contribution is 5.57. The Morgan fingerprint density at radius 3 is 1.70 bits per heavy atom. The quantitative estimate of drug-likeness (QED) is 0.269. The van der Waals surface area contributed by atoms with Crippen molar-refractivity contribution < 1.29 is 10.2 Å². The summed E-state index contributed by atoms with van der Waals surface area (Å²) in [4.78, 5) is 0. The number of rotatable bonds is 6. The number of nitrogens with two attached hydrogens (primary N) is 2.